The first-order chi connectivity index (χ1) is 8.69. The maximum atomic E-state index is 11.9. The fourth-order valence-corrected chi connectivity index (χ4v) is 2.28. The lowest BCUT2D eigenvalue weighted by Crippen LogP contribution is -2.22. The molecule has 94 valence electrons. The standard InChI is InChI=1S/C13H15N3OS/c1-9-15-7-12(18-9)8-16-13(17)10-3-5-11(14-2)6-4-10/h3-7,14H,8H2,1-2H3,(H,16,17). The molecule has 0 saturated carbocycles. The zero-order valence-electron chi connectivity index (χ0n) is 10.4. The van der Waals surface area contributed by atoms with Gasteiger partial charge in [-0.2, -0.15) is 0 Å². The van der Waals surface area contributed by atoms with Crippen molar-refractivity contribution < 1.29 is 4.79 Å². The molecule has 0 aliphatic heterocycles. The molecule has 18 heavy (non-hydrogen) atoms. The first-order valence-electron chi connectivity index (χ1n) is 5.66. The summed E-state index contributed by atoms with van der Waals surface area (Å²) in [5, 5.41) is 6.90. The summed E-state index contributed by atoms with van der Waals surface area (Å²) in [6, 6.07) is 7.37. The van der Waals surface area contributed by atoms with Crippen molar-refractivity contribution in [2.75, 3.05) is 12.4 Å². The fourth-order valence-electron chi connectivity index (χ4n) is 1.54. The average molecular weight is 261 g/mol. The number of thiazole rings is 1. The summed E-state index contributed by atoms with van der Waals surface area (Å²) in [6.07, 6.45) is 1.80. The minimum absolute atomic E-state index is 0.0660. The molecule has 2 rings (SSSR count). The molecule has 1 aromatic heterocycles. The second kappa shape index (κ2) is 5.64. The van der Waals surface area contributed by atoms with Gasteiger partial charge >= 0.3 is 0 Å². The Bertz CT molecular complexity index is 533. The van der Waals surface area contributed by atoms with Crippen molar-refractivity contribution in [2.45, 2.75) is 13.5 Å². The van der Waals surface area contributed by atoms with Gasteiger partial charge in [-0.15, -0.1) is 11.3 Å². The number of carbonyl (C=O) groups excluding carboxylic acids is 1. The molecule has 0 unspecified atom stereocenters. The average Bonchev–Trinajstić information content (AvgIpc) is 2.82. The number of nitrogens with zero attached hydrogens (tertiary/aromatic N) is 1. The van der Waals surface area contributed by atoms with Gasteiger partial charge in [0.25, 0.3) is 5.91 Å². The second-order valence-electron chi connectivity index (χ2n) is 3.86. The van der Waals surface area contributed by atoms with E-state index in [9.17, 15) is 4.79 Å². The molecule has 1 amide bonds. The monoisotopic (exact) mass is 261 g/mol. The molecule has 0 aliphatic rings. The quantitative estimate of drug-likeness (QED) is 0.888. The van der Waals surface area contributed by atoms with Gasteiger partial charge in [0.1, 0.15) is 0 Å². The SMILES string of the molecule is CNc1ccc(C(=O)NCc2cnc(C)s2)cc1. The van der Waals surface area contributed by atoms with Crippen LogP contribution < -0.4 is 10.6 Å². The van der Waals surface area contributed by atoms with Crippen LogP contribution in [0.15, 0.2) is 30.5 Å². The van der Waals surface area contributed by atoms with Crippen LogP contribution >= 0.6 is 11.3 Å². The summed E-state index contributed by atoms with van der Waals surface area (Å²) in [7, 11) is 1.85. The van der Waals surface area contributed by atoms with Gasteiger partial charge in [-0.05, 0) is 31.2 Å². The van der Waals surface area contributed by atoms with E-state index in [2.05, 4.69) is 15.6 Å². The van der Waals surface area contributed by atoms with E-state index in [0.717, 1.165) is 15.6 Å². The molecule has 5 heteroatoms. The van der Waals surface area contributed by atoms with Crippen molar-refractivity contribution >= 4 is 22.9 Å². The molecular weight excluding hydrogens is 246 g/mol. The lowest BCUT2D eigenvalue weighted by Gasteiger charge is -2.04. The number of rotatable bonds is 4. The zero-order valence-corrected chi connectivity index (χ0v) is 11.2. The summed E-state index contributed by atoms with van der Waals surface area (Å²) in [6.45, 7) is 2.48. The van der Waals surface area contributed by atoms with Crippen LogP contribution in [0.25, 0.3) is 0 Å². The van der Waals surface area contributed by atoms with Gasteiger partial charge in [0.05, 0.1) is 11.6 Å². The van der Waals surface area contributed by atoms with E-state index < -0.39 is 0 Å². The van der Waals surface area contributed by atoms with Gasteiger partial charge in [-0.1, -0.05) is 0 Å². The van der Waals surface area contributed by atoms with E-state index >= 15 is 0 Å². The number of aromatic nitrogens is 1. The highest BCUT2D eigenvalue weighted by Gasteiger charge is 2.06. The van der Waals surface area contributed by atoms with Gasteiger partial charge in [-0.25, -0.2) is 4.98 Å². The lowest BCUT2D eigenvalue weighted by molar-refractivity contribution is 0.0951. The molecule has 0 radical (unpaired) electrons. The number of amides is 1. The Morgan fingerprint density at radius 2 is 2.06 bits per heavy atom. The Labute approximate surface area is 110 Å². The van der Waals surface area contributed by atoms with E-state index in [-0.39, 0.29) is 5.91 Å². The van der Waals surface area contributed by atoms with Crippen LogP contribution in [-0.4, -0.2) is 17.9 Å². The van der Waals surface area contributed by atoms with Gasteiger partial charge in [0.15, 0.2) is 0 Å². The number of anilines is 1. The van der Waals surface area contributed by atoms with E-state index in [1.807, 2.05) is 26.1 Å². The van der Waals surface area contributed by atoms with Crippen molar-refractivity contribution in [2.24, 2.45) is 0 Å². The van der Waals surface area contributed by atoms with Crippen LogP contribution in [0, 0.1) is 6.92 Å². The number of hydrogen-bond acceptors (Lipinski definition) is 4. The molecule has 0 bridgehead atoms. The third-order valence-corrected chi connectivity index (χ3v) is 3.44. The van der Waals surface area contributed by atoms with Crippen molar-refractivity contribution in [1.82, 2.24) is 10.3 Å². The molecular formula is C13H15N3OS. The molecule has 0 fully saturated rings. The minimum Gasteiger partial charge on any atom is -0.388 e. The molecule has 0 atom stereocenters. The Morgan fingerprint density at radius 1 is 1.33 bits per heavy atom. The summed E-state index contributed by atoms with van der Waals surface area (Å²) in [4.78, 5) is 17.1. The zero-order chi connectivity index (χ0) is 13.0. The topological polar surface area (TPSA) is 54.0 Å². The summed E-state index contributed by atoms with van der Waals surface area (Å²) < 4.78 is 0. The molecule has 1 heterocycles. The van der Waals surface area contributed by atoms with Crippen LogP contribution in [0.1, 0.15) is 20.2 Å². The molecule has 2 aromatic rings. The van der Waals surface area contributed by atoms with Crippen molar-refractivity contribution in [3.05, 3.63) is 45.9 Å². The summed E-state index contributed by atoms with van der Waals surface area (Å²) >= 11 is 1.60. The molecule has 2 N–H and O–H groups in total. The van der Waals surface area contributed by atoms with Crippen LogP contribution in [-0.2, 0) is 6.54 Å². The van der Waals surface area contributed by atoms with Crippen LogP contribution in [0.3, 0.4) is 0 Å². The predicted octanol–water partition coefficient (Wildman–Crippen LogP) is 2.42. The summed E-state index contributed by atoms with van der Waals surface area (Å²) in [5.74, 6) is -0.0660. The maximum absolute atomic E-state index is 11.9. The highest BCUT2D eigenvalue weighted by Crippen LogP contribution is 2.12. The molecule has 4 nitrogen and oxygen atoms in total. The van der Waals surface area contributed by atoms with Crippen LogP contribution in [0.2, 0.25) is 0 Å². The Morgan fingerprint density at radius 3 is 2.61 bits per heavy atom. The van der Waals surface area contributed by atoms with Crippen molar-refractivity contribution in [3.8, 4) is 0 Å². The largest absolute Gasteiger partial charge is 0.388 e. The lowest BCUT2D eigenvalue weighted by atomic mass is 10.2. The Balaban J connectivity index is 1.94. The third kappa shape index (κ3) is 3.07. The number of hydrogen-bond donors (Lipinski definition) is 2. The summed E-state index contributed by atoms with van der Waals surface area (Å²) in [5.41, 5.74) is 1.65. The highest BCUT2D eigenvalue weighted by atomic mass is 32.1. The number of benzene rings is 1. The van der Waals surface area contributed by atoms with Crippen molar-refractivity contribution in [1.29, 1.82) is 0 Å². The minimum atomic E-state index is -0.0660. The van der Waals surface area contributed by atoms with Crippen LogP contribution in [0.4, 0.5) is 5.69 Å². The van der Waals surface area contributed by atoms with E-state index in [0.29, 0.717) is 12.1 Å². The highest BCUT2D eigenvalue weighted by molar-refractivity contribution is 7.11. The molecule has 0 saturated heterocycles. The first-order valence-corrected chi connectivity index (χ1v) is 6.48. The van der Waals surface area contributed by atoms with Crippen molar-refractivity contribution in [3.63, 3.8) is 0 Å². The van der Waals surface area contributed by atoms with Gasteiger partial charge < -0.3 is 10.6 Å². The van der Waals surface area contributed by atoms with Crippen LogP contribution in [0.5, 0.6) is 0 Å². The Kier molecular flexibility index (Phi) is 3.94. The van der Waals surface area contributed by atoms with Gasteiger partial charge in [-0.3, -0.25) is 4.79 Å². The van der Waals surface area contributed by atoms with E-state index in [4.69, 9.17) is 0 Å². The Hall–Kier alpha value is -1.88. The maximum Gasteiger partial charge on any atom is 0.251 e. The van der Waals surface area contributed by atoms with E-state index in [1.165, 1.54) is 0 Å². The first kappa shape index (κ1) is 12.6. The smallest absolute Gasteiger partial charge is 0.251 e. The molecule has 0 spiro atoms. The number of aryl methyl sites for hydroxylation is 1. The van der Waals surface area contributed by atoms with E-state index in [1.54, 1.807) is 29.7 Å². The van der Waals surface area contributed by atoms with Gasteiger partial charge in [0.2, 0.25) is 0 Å². The third-order valence-electron chi connectivity index (χ3n) is 2.53. The predicted molar refractivity (Wildman–Crippen MR) is 74.0 cm³/mol. The number of nitrogens with one attached hydrogen (secondary N) is 2. The normalized spacial score (nSPS) is 10.1. The number of carbonyl (C=O) groups is 1. The van der Waals surface area contributed by atoms with Gasteiger partial charge in [0, 0.05) is 29.4 Å². The molecule has 1 aromatic carbocycles. The molecule has 0 aliphatic carbocycles. The fraction of sp³-hybridized carbons (Fsp3) is 0.231. The second-order valence-corrected chi connectivity index (χ2v) is 5.17.